The Morgan fingerprint density at radius 2 is 1.26 bits per heavy atom. The van der Waals surface area contributed by atoms with Gasteiger partial charge in [0.1, 0.15) is 0 Å². The molecule has 19 heavy (non-hydrogen) atoms. The number of rotatable bonds is 13. The van der Waals surface area contributed by atoms with Gasteiger partial charge in [0.15, 0.2) is 0 Å². The molecule has 114 valence electrons. The number of hydrogen-bond donors (Lipinski definition) is 0. The van der Waals surface area contributed by atoms with Gasteiger partial charge in [0.25, 0.3) is 0 Å². The van der Waals surface area contributed by atoms with Crippen molar-refractivity contribution in [2.45, 2.75) is 104 Å². The van der Waals surface area contributed by atoms with E-state index in [2.05, 4.69) is 6.92 Å². The summed E-state index contributed by atoms with van der Waals surface area (Å²) in [5, 5.41) is 0. The van der Waals surface area contributed by atoms with Crippen LogP contribution in [0, 0.1) is 0 Å². The first kappa shape index (κ1) is 18.5. The van der Waals surface area contributed by atoms with E-state index < -0.39 is 0 Å². The molecule has 0 saturated heterocycles. The van der Waals surface area contributed by atoms with Crippen molar-refractivity contribution in [3.05, 3.63) is 0 Å². The Bertz CT molecular complexity index is 201. The van der Waals surface area contributed by atoms with E-state index in [4.69, 9.17) is 4.74 Å². The number of carbonyl (C=O) groups excluding carboxylic acids is 1. The van der Waals surface area contributed by atoms with Gasteiger partial charge in [0.2, 0.25) is 0 Å². The molecule has 0 radical (unpaired) electrons. The molecule has 0 saturated carbocycles. The molecule has 0 aromatic heterocycles. The predicted molar refractivity (Wildman–Crippen MR) is 82.3 cm³/mol. The van der Waals surface area contributed by atoms with Gasteiger partial charge in [-0.05, 0) is 19.8 Å². The monoisotopic (exact) mass is 270 g/mol. The molecule has 0 unspecified atom stereocenters. The fourth-order valence-corrected chi connectivity index (χ4v) is 2.44. The second-order valence-electron chi connectivity index (χ2n) is 5.74. The Hall–Kier alpha value is -0.530. The Morgan fingerprint density at radius 1 is 0.842 bits per heavy atom. The molecule has 2 nitrogen and oxygen atoms in total. The number of esters is 1. The summed E-state index contributed by atoms with van der Waals surface area (Å²) in [6.07, 6.45) is 16.1. The van der Waals surface area contributed by atoms with Crippen LogP contribution >= 0.6 is 0 Å². The number of hydrogen-bond acceptors (Lipinski definition) is 2. The zero-order valence-corrected chi connectivity index (χ0v) is 13.4. The molecule has 1 atom stereocenters. The maximum absolute atomic E-state index is 10.7. The van der Waals surface area contributed by atoms with Crippen molar-refractivity contribution >= 4 is 5.97 Å². The van der Waals surface area contributed by atoms with E-state index in [0.29, 0.717) is 0 Å². The largest absolute Gasteiger partial charge is 0.463 e. The first-order chi connectivity index (χ1) is 9.16. The van der Waals surface area contributed by atoms with Crippen LogP contribution < -0.4 is 0 Å². The van der Waals surface area contributed by atoms with Gasteiger partial charge in [-0.1, -0.05) is 71.1 Å². The quantitative estimate of drug-likeness (QED) is 0.320. The summed E-state index contributed by atoms with van der Waals surface area (Å²) in [7, 11) is 0. The van der Waals surface area contributed by atoms with Crippen molar-refractivity contribution in [2.24, 2.45) is 0 Å². The van der Waals surface area contributed by atoms with Gasteiger partial charge in [0.05, 0.1) is 6.10 Å². The van der Waals surface area contributed by atoms with Gasteiger partial charge >= 0.3 is 5.97 Å². The molecular weight excluding hydrogens is 236 g/mol. The fourth-order valence-electron chi connectivity index (χ4n) is 2.44. The molecule has 0 heterocycles. The van der Waals surface area contributed by atoms with Gasteiger partial charge in [-0.3, -0.25) is 4.79 Å². The average molecular weight is 270 g/mol. The van der Waals surface area contributed by atoms with Gasteiger partial charge < -0.3 is 4.74 Å². The molecule has 0 aromatic rings. The average Bonchev–Trinajstić information content (AvgIpc) is 2.35. The molecule has 0 aliphatic carbocycles. The highest BCUT2D eigenvalue weighted by atomic mass is 16.5. The zero-order valence-electron chi connectivity index (χ0n) is 13.4. The van der Waals surface area contributed by atoms with Crippen molar-refractivity contribution in [3.8, 4) is 0 Å². The normalized spacial score (nSPS) is 12.4. The third-order valence-corrected chi connectivity index (χ3v) is 3.58. The molecule has 0 N–H and O–H groups in total. The summed E-state index contributed by atoms with van der Waals surface area (Å²) in [6, 6.07) is 0. The third-order valence-electron chi connectivity index (χ3n) is 3.58. The lowest BCUT2D eigenvalue weighted by atomic mass is 10.0. The number of ether oxygens (including phenoxy) is 1. The second-order valence-corrected chi connectivity index (χ2v) is 5.74. The van der Waals surface area contributed by atoms with E-state index in [1.165, 1.54) is 77.6 Å². The first-order valence-electron chi connectivity index (χ1n) is 8.34. The Balaban J connectivity index is 3.08. The van der Waals surface area contributed by atoms with Crippen molar-refractivity contribution in [1.82, 2.24) is 0 Å². The van der Waals surface area contributed by atoms with Gasteiger partial charge in [-0.25, -0.2) is 0 Å². The molecule has 0 amide bonds. The smallest absolute Gasteiger partial charge is 0.302 e. The molecule has 0 fully saturated rings. The van der Waals surface area contributed by atoms with Crippen LogP contribution in [0.5, 0.6) is 0 Å². The van der Waals surface area contributed by atoms with Crippen LogP contribution in [0.25, 0.3) is 0 Å². The van der Waals surface area contributed by atoms with Gasteiger partial charge in [-0.2, -0.15) is 0 Å². The SMILES string of the molecule is CCCCCCCCCCCCC[C@H](C)OC(C)=O. The summed E-state index contributed by atoms with van der Waals surface area (Å²) in [6.45, 7) is 5.73. The standard InChI is InChI=1S/C17H34O2/c1-4-5-6-7-8-9-10-11-12-13-14-15-16(2)19-17(3)18/h16H,4-15H2,1-3H3/t16-/m0/s1. The molecule has 2 heteroatoms. The van der Waals surface area contributed by atoms with E-state index in [9.17, 15) is 4.79 Å². The van der Waals surface area contributed by atoms with Crippen molar-refractivity contribution < 1.29 is 9.53 Å². The minimum Gasteiger partial charge on any atom is -0.463 e. The Kier molecular flexibility index (Phi) is 13.5. The summed E-state index contributed by atoms with van der Waals surface area (Å²) >= 11 is 0. The van der Waals surface area contributed by atoms with Crippen LogP contribution in [-0.2, 0) is 9.53 Å². The van der Waals surface area contributed by atoms with Crippen LogP contribution in [0.1, 0.15) is 97.8 Å². The first-order valence-corrected chi connectivity index (χ1v) is 8.34. The van der Waals surface area contributed by atoms with E-state index in [-0.39, 0.29) is 12.1 Å². The van der Waals surface area contributed by atoms with Crippen molar-refractivity contribution in [2.75, 3.05) is 0 Å². The van der Waals surface area contributed by atoms with Gasteiger partial charge in [-0.15, -0.1) is 0 Å². The second kappa shape index (κ2) is 13.9. The van der Waals surface area contributed by atoms with E-state index >= 15 is 0 Å². The molecule has 0 aliphatic rings. The topological polar surface area (TPSA) is 26.3 Å². The lowest BCUT2D eigenvalue weighted by Crippen LogP contribution is -2.11. The predicted octanol–water partition coefficient (Wildman–Crippen LogP) is 5.64. The van der Waals surface area contributed by atoms with Gasteiger partial charge in [0, 0.05) is 6.92 Å². The minimum atomic E-state index is -0.157. The van der Waals surface area contributed by atoms with Crippen LogP contribution in [0.3, 0.4) is 0 Å². The van der Waals surface area contributed by atoms with Crippen LogP contribution in [0.15, 0.2) is 0 Å². The number of carbonyl (C=O) groups is 1. The van der Waals surface area contributed by atoms with E-state index in [0.717, 1.165) is 6.42 Å². The molecule has 0 rings (SSSR count). The minimum absolute atomic E-state index is 0.0936. The Morgan fingerprint density at radius 3 is 1.68 bits per heavy atom. The van der Waals surface area contributed by atoms with E-state index in [1.807, 2.05) is 6.92 Å². The summed E-state index contributed by atoms with van der Waals surface area (Å²) in [5.74, 6) is -0.157. The molecule has 0 bridgehead atoms. The maximum Gasteiger partial charge on any atom is 0.302 e. The summed E-state index contributed by atoms with van der Waals surface area (Å²) in [4.78, 5) is 10.7. The summed E-state index contributed by atoms with van der Waals surface area (Å²) < 4.78 is 5.10. The zero-order chi connectivity index (χ0) is 14.3. The maximum atomic E-state index is 10.7. The third kappa shape index (κ3) is 15.4. The van der Waals surface area contributed by atoms with Crippen molar-refractivity contribution in [1.29, 1.82) is 0 Å². The highest BCUT2D eigenvalue weighted by Crippen LogP contribution is 2.13. The van der Waals surface area contributed by atoms with Crippen molar-refractivity contribution in [3.63, 3.8) is 0 Å². The highest BCUT2D eigenvalue weighted by Gasteiger charge is 2.04. The molecule has 0 spiro atoms. The van der Waals surface area contributed by atoms with E-state index in [1.54, 1.807) is 0 Å². The highest BCUT2D eigenvalue weighted by molar-refractivity contribution is 5.66. The van der Waals surface area contributed by atoms with Crippen LogP contribution in [0.4, 0.5) is 0 Å². The van der Waals surface area contributed by atoms with Crippen LogP contribution in [-0.4, -0.2) is 12.1 Å². The lowest BCUT2D eigenvalue weighted by Gasteiger charge is -2.11. The van der Waals surface area contributed by atoms with Crippen LogP contribution in [0.2, 0.25) is 0 Å². The molecule has 0 aromatic carbocycles. The molecular formula is C17H34O2. The summed E-state index contributed by atoms with van der Waals surface area (Å²) in [5.41, 5.74) is 0. The fraction of sp³-hybridized carbons (Fsp3) is 0.941. The number of unbranched alkanes of at least 4 members (excludes halogenated alkanes) is 10. The molecule has 0 aliphatic heterocycles. The lowest BCUT2D eigenvalue weighted by molar-refractivity contribution is -0.145. The Labute approximate surface area is 120 Å².